The summed E-state index contributed by atoms with van der Waals surface area (Å²) in [6, 6.07) is 2.19. The predicted octanol–water partition coefficient (Wildman–Crippen LogP) is 2.87. The molecule has 14 heavy (non-hydrogen) atoms. The average molecular weight is 192 g/mol. The summed E-state index contributed by atoms with van der Waals surface area (Å²) in [5.74, 6) is 0.852. The lowest BCUT2D eigenvalue weighted by atomic mass is 10.0. The van der Waals surface area contributed by atoms with Gasteiger partial charge in [-0.2, -0.15) is 0 Å². The van der Waals surface area contributed by atoms with Gasteiger partial charge in [0.15, 0.2) is 0 Å². The van der Waals surface area contributed by atoms with Gasteiger partial charge >= 0.3 is 0 Å². The smallest absolute Gasteiger partial charge is 0.0555 e. The van der Waals surface area contributed by atoms with E-state index in [2.05, 4.69) is 29.8 Å². The number of pyridine rings is 1. The summed E-state index contributed by atoms with van der Waals surface area (Å²) >= 11 is 0. The van der Waals surface area contributed by atoms with Crippen LogP contribution in [-0.2, 0) is 0 Å². The minimum atomic E-state index is 0.852. The first kappa shape index (κ1) is 11.0. The van der Waals surface area contributed by atoms with Crippen LogP contribution in [0.4, 0.5) is 5.69 Å². The highest BCUT2D eigenvalue weighted by Gasteiger charge is 2.22. The van der Waals surface area contributed by atoms with Gasteiger partial charge in [0.05, 0.1) is 11.9 Å². The Balaban J connectivity index is 0.000000461. The number of hydrogen-bond acceptors (Lipinski definition) is 2. The van der Waals surface area contributed by atoms with E-state index in [0.29, 0.717) is 0 Å². The quantitative estimate of drug-likeness (QED) is 0.680. The van der Waals surface area contributed by atoms with Crippen molar-refractivity contribution in [2.24, 2.45) is 5.92 Å². The summed E-state index contributed by atoms with van der Waals surface area (Å²) in [5, 5.41) is 0. The predicted molar refractivity (Wildman–Crippen MR) is 61.7 cm³/mol. The van der Waals surface area contributed by atoms with Gasteiger partial charge in [-0.1, -0.05) is 20.8 Å². The lowest BCUT2D eigenvalue weighted by Crippen LogP contribution is -2.45. The Kier molecular flexibility index (Phi) is 3.93. The van der Waals surface area contributed by atoms with E-state index in [1.807, 2.05) is 26.2 Å². The van der Waals surface area contributed by atoms with E-state index < -0.39 is 0 Å². The maximum absolute atomic E-state index is 4.17. The second-order valence-corrected chi connectivity index (χ2v) is 3.73. The SMILES string of the molecule is CC.Cc1cncc(N2CC(C)C2)c1. The molecule has 0 radical (unpaired) electrons. The van der Waals surface area contributed by atoms with Crippen LogP contribution in [0, 0.1) is 12.8 Å². The summed E-state index contributed by atoms with van der Waals surface area (Å²) in [4.78, 5) is 6.54. The number of nitrogens with zero attached hydrogens (tertiary/aromatic N) is 2. The Hall–Kier alpha value is -1.05. The van der Waals surface area contributed by atoms with Crippen molar-refractivity contribution in [2.75, 3.05) is 18.0 Å². The molecule has 0 spiro atoms. The molecule has 0 saturated carbocycles. The Morgan fingerprint density at radius 3 is 2.43 bits per heavy atom. The summed E-state index contributed by atoms with van der Waals surface area (Å²) < 4.78 is 0. The molecule has 1 aliphatic heterocycles. The molecule has 0 unspecified atom stereocenters. The van der Waals surface area contributed by atoms with Crippen molar-refractivity contribution in [1.29, 1.82) is 0 Å². The van der Waals surface area contributed by atoms with Crippen molar-refractivity contribution in [3.63, 3.8) is 0 Å². The lowest BCUT2D eigenvalue weighted by Gasteiger charge is -2.39. The highest BCUT2D eigenvalue weighted by molar-refractivity contribution is 5.48. The fraction of sp³-hybridized carbons (Fsp3) is 0.583. The molecule has 0 aliphatic carbocycles. The van der Waals surface area contributed by atoms with Crippen molar-refractivity contribution in [3.8, 4) is 0 Å². The molecular formula is C12H20N2. The van der Waals surface area contributed by atoms with E-state index in [1.54, 1.807) is 0 Å². The van der Waals surface area contributed by atoms with Gasteiger partial charge in [-0.05, 0) is 24.5 Å². The van der Waals surface area contributed by atoms with Crippen LogP contribution in [0.25, 0.3) is 0 Å². The van der Waals surface area contributed by atoms with Gasteiger partial charge in [-0.25, -0.2) is 0 Å². The number of aromatic nitrogens is 1. The Bertz CT molecular complexity index is 277. The molecule has 0 bridgehead atoms. The molecule has 1 saturated heterocycles. The highest BCUT2D eigenvalue weighted by atomic mass is 15.2. The summed E-state index contributed by atoms with van der Waals surface area (Å²) in [7, 11) is 0. The minimum Gasteiger partial charge on any atom is -0.370 e. The first-order valence-electron chi connectivity index (χ1n) is 5.42. The fourth-order valence-corrected chi connectivity index (χ4v) is 1.62. The first-order chi connectivity index (χ1) is 6.75. The van der Waals surface area contributed by atoms with Crippen molar-refractivity contribution in [1.82, 2.24) is 4.98 Å². The van der Waals surface area contributed by atoms with Crippen molar-refractivity contribution in [3.05, 3.63) is 24.0 Å². The van der Waals surface area contributed by atoms with E-state index >= 15 is 0 Å². The third-order valence-electron chi connectivity index (χ3n) is 2.29. The number of hydrogen-bond donors (Lipinski definition) is 0. The molecule has 1 fully saturated rings. The molecule has 0 N–H and O–H groups in total. The second kappa shape index (κ2) is 4.99. The summed E-state index contributed by atoms with van der Waals surface area (Å²) in [5.41, 5.74) is 2.51. The molecule has 1 aliphatic rings. The van der Waals surface area contributed by atoms with Crippen LogP contribution in [0.5, 0.6) is 0 Å². The van der Waals surface area contributed by atoms with Gasteiger partial charge in [0.2, 0.25) is 0 Å². The third kappa shape index (κ3) is 2.47. The van der Waals surface area contributed by atoms with Crippen LogP contribution >= 0.6 is 0 Å². The molecule has 2 rings (SSSR count). The van der Waals surface area contributed by atoms with Crippen LogP contribution in [0.2, 0.25) is 0 Å². The van der Waals surface area contributed by atoms with Crippen molar-refractivity contribution in [2.45, 2.75) is 27.7 Å². The molecule has 2 heterocycles. The fourth-order valence-electron chi connectivity index (χ4n) is 1.62. The molecule has 0 amide bonds. The first-order valence-corrected chi connectivity index (χ1v) is 5.42. The van der Waals surface area contributed by atoms with E-state index in [0.717, 1.165) is 5.92 Å². The lowest BCUT2D eigenvalue weighted by molar-refractivity contribution is 0.447. The average Bonchev–Trinajstić information content (AvgIpc) is 2.16. The largest absolute Gasteiger partial charge is 0.370 e. The van der Waals surface area contributed by atoms with Crippen LogP contribution < -0.4 is 4.90 Å². The Labute approximate surface area is 87.0 Å². The second-order valence-electron chi connectivity index (χ2n) is 3.73. The molecule has 0 atom stereocenters. The van der Waals surface area contributed by atoms with Gasteiger partial charge in [0.1, 0.15) is 0 Å². The molecule has 2 heteroatoms. The van der Waals surface area contributed by atoms with Crippen LogP contribution in [0.15, 0.2) is 18.5 Å². The van der Waals surface area contributed by atoms with E-state index in [1.165, 1.54) is 24.3 Å². The topological polar surface area (TPSA) is 16.1 Å². The van der Waals surface area contributed by atoms with E-state index in [-0.39, 0.29) is 0 Å². The van der Waals surface area contributed by atoms with Gasteiger partial charge in [0, 0.05) is 19.3 Å². The molecule has 1 aromatic rings. The zero-order valence-electron chi connectivity index (χ0n) is 9.62. The zero-order chi connectivity index (χ0) is 10.6. The number of anilines is 1. The molecule has 78 valence electrons. The van der Waals surface area contributed by atoms with Gasteiger partial charge < -0.3 is 4.90 Å². The van der Waals surface area contributed by atoms with Crippen molar-refractivity contribution < 1.29 is 0 Å². The summed E-state index contributed by atoms with van der Waals surface area (Å²) in [6.07, 6.45) is 3.84. The molecule has 0 aromatic carbocycles. The molecule has 2 nitrogen and oxygen atoms in total. The normalized spacial score (nSPS) is 15.6. The molecular weight excluding hydrogens is 172 g/mol. The minimum absolute atomic E-state index is 0.852. The maximum atomic E-state index is 4.17. The standard InChI is InChI=1S/C10H14N2.C2H6/c1-8-3-10(5-11-4-8)12-6-9(2)7-12;1-2/h3-5,9H,6-7H2,1-2H3;1-2H3. The van der Waals surface area contributed by atoms with Crippen LogP contribution in [0.1, 0.15) is 26.3 Å². The summed E-state index contributed by atoms with van der Waals surface area (Å²) in [6.45, 7) is 10.7. The number of aryl methyl sites for hydroxylation is 1. The number of rotatable bonds is 1. The Morgan fingerprint density at radius 1 is 1.29 bits per heavy atom. The van der Waals surface area contributed by atoms with Crippen LogP contribution in [-0.4, -0.2) is 18.1 Å². The monoisotopic (exact) mass is 192 g/mol. The Morgan fingerprint density at radius 2 is 1.93 bits per heavy atom. The molecule has 1 aromatic heterocycles. The van der Waals surface area contributed by atoms with Gasteiger partial charge in [-0.15, -0.1) is 0 Å². The van der Waals surface area contributed by atoms with E-state index in [4.69, 9.17) is 0 Å². The zero-order valence-corrected chi connectivity index (χ0v) is 9.62. The van der Waals surface area contributed by atoms with Crippen molar-refractivity contribution >= 4 is 5.69 Å². The van der Waals surface area contributed by atoms with Crippen LogP contribution in [0.3, 0.4) is 0 Å². The highest BCUT2D eigenvalue weighted by Crippen LogP contribution is 2.23. The van der Waals surface area contributed by atoms with Gasteiger partial charge in [0.25, 0.3) is 0 Å². The van der Waals surface area contributed by atoms with Gasteiger partial charge in [-0.3, -0.25) is 4.98 Å². The third-order valence-corrected chi connectivity index (χ3v) is 2.29. The maximum Gasteiger partial charge on any atom is 0.0555 e. The van der Waals surface area contributed by atoms with E-state index in [9.17, 15) is 0 Å².